The standard InChI is InChI=1S/C36H58N2O3.HI/c1-6-8-9-10-11-12-13-14-15-16-17-18-27-40-34-22-21-32(28-33(34)36(3,4)5)41-30-35(39)37-24-23-31-20-19-26-38(29-31)25-7-2;/h19-22,26,28-29H,6-18,23-25,27,30H2,1-5H3;1H. The first kappa shape index (κ1) is 38.2. The summed E-state index contributed by atoms with van der Waals surface area (Å²) in [5, 5.41) is 2.98. The van der Waals surface area contributed by atoms with Gasteiger partial charge in [0.15, 0.2) is 19.0 Å². The van der Waals surface area contributed by atoms with Crippen molar-refractivity contribution in [3.05, 3.63) is 53.9 Å². The van der Waals surface area contributed by atoms with Gasteiger partial charge >= 0.3 is 0 Å². The average Bonchev–Trinajstić information content (AvgIpc) is 2.94. The first-order chi connectivity index (χ1) is 19.8. The summed E-state index contributed by atoms with van der Waals surface area (Å²) in [7, 11) is 0. The van der Waals surface area contributed by atoms with Gasteiger partial charge < -0.3 is 38.8 Å². The monoisotopic (exact) mass is 694 g/mol. The fourth-order valence-electron chi connectivity index (χ4n) is 5.10. The van der Waals surface area contributed by atoms with E-state index in [2.05, 4.69) is 69.0 Å². The zero-order valence-corrected chi connectivity index (χ0v) is 29.5. The predicted molar refractivity (Wildman–Crippen MR) is 171 cm³/mol. The number of carbonyl (C=O) groups excluding carboxylic acids is 1. The van der Waals surface area contributed by atoms with Crippen molar-refractivity contribution in [3.63, 3.8) is 0 Å². The van der Waals surface area contributed by atoms with Gasteiger partial charge in [-0.2, -0.15) is 0 Å². The lowest BCUT2D eigenvalue weighted by Gasteiger charge is -2.24. The summed E-state index contributed by atoms with van der Waals surface area (Å²) in [4.78, 5) is 12.4. The zero-order chi connectivity index (χ0) is 29.8. The maximum Gasteiger partial charge on any atom is 0.257 e. The van der Waals surface area contributed by atoms with E-state index in [0.29, 0.717) is 12.3 Å². The van der Waals surface area contributed by atoms with Crippen LogP contribution in [0.3, 0.4) is 0 Å². The second-order valence-corrected chi connectivity index (χ2v) is 12.5. The van der Waals surface area contributed by atoms with Crippen molar-refractivity contribution in [3.8, 4) is 11.5 Å². The Kier molecular flexibility index (Phi) is 20.6. The molecule has 2 rings (SSSR count). The SMILES string of the molecule is CCCCCCCCCCCCCCOc1ccc(OCC(=O)NCCc2ccc[n+](CCC)c2)cc1C(C)(C)C.[I-]. The van der Waals surface area contributed by atoms with E-state index in [1.54, 1.807) is 0 Å². The van der Waals surface area contributed by atoms with E-state index in [9.17, 15) is 4.79 Å². The normalized spacial score (nSPS) is 11.2. The highest BCUT2D eigenvalue weighted by Crippen LogP contribution is 2.34. The summed E-state index contributed by atoms with van der Waals surface area (Å²) in [5.74, 6) is 1.51. The number of unbranched alkanes of at least 4 members (excludes halogenated alkanes) is 11. The topological polar surface area (TPSA) is 51.4 Å². The fraction of sp³-hybridized carbons (Fsp3) is 0.667. The summed E-state index contributed by atoms with van der Waals surface area (Å²) in [5.41, 5.74) is 2.24. The first-order valence-electron chi connectivity index (χ1n) is 16.5. The van der Waals surface area contributed by atoms with E-state index in [-0.39, 0.29) is 41.9 Å². The number of rotatable bonds is 22. The van der Waals surface area contributed by atoms with Crippen LogP contribution in [0.4, 0.5) is 0 Å². The third-order valence-corrected chi connectivity index (χ3v) is 7.52. The second-order valence-electron chi connectivity index (χ2n) is 12.5. The molecule has 0 spiro atoms. The molecule has 0 saturated heterocycles. The molecule has 1 N–H and O–H groups in total. The lowest BCUT2D eigenvalue weighted by atomic mass is 9.86. The molecule has 2 aromatic rings. The Balaban J connectivity index is 0.00000882. The maximum atomic E-state index is 12.4. The molecular formula is C36H59IN2O3. The molecule has 0 saturated carbocycles. The number of aryl methyl sites for hydroxylation is 1. The third kappa shape index (κ3) is 16.7. The van der Waals surface area contributed by atoms with Gasteiger partial charge in [0.05, 0.1) is 6.61 Å². The average molecular weight is 695 g/mol. The van der Waals surface area contributed by atoms with Crippen LogP contribution >= 0.6 is 0 Å². The fourth-order valence-corrected chi connectivity index (χ4v) is 5.10. The second kappa shape index (κ2) is 22.7. The molecule has 1 aromatic carbocycles. The molecule has 0 aliphatic carbocycles. The number of amides is 1. The number of hydrogen-bond acceptors (Lipinski definition) is 3. The lowest BCUT2D eigenvalue weighted by molar-refractivity contribution is -0.697. The highest BCUT2D eigenvalue weighted by atomic mass is 127. The number of nitrogens with one attached hydrogen (secondary N) is 1. The van der Waals surface area contributed by atoms with Gasteiger partial charge in [0.25, 0.3) is 5.91 Å². The Bertz CT molecular complexity index is 990. The van der Waals surface area contributed by atoms with Crippen LogP contribution in [-0.4, -0.2) is 25.7 Å². The summed E-state index contributed by atoms with van der Waals surface area (Å²) in [6.07, 6.45) is 22.2. The van der Waals surface area contributed by atoms with Crippen LogP contribution in [0.15, 0.2) is 42.7 Å². The van der Waals surface area contributed by atoms with Gasteiger partial charge in [-0.1, -0.05) is 105 Å². The van der Waals surface area contributed by atoms with Gasteiger partial charge in [-0.25, -0.2) is 4.57 Å². The third-order valence-electron chi connectivity index (χ3n) is 7.52. The number of pyridine rings is 1. The molecule has 1 heterocycles. The maximum absolute atomic E-state index is 12.4. The first-order valence-corrected chi connectivity index (χ1v) is 16.5. The van der Waals surface area contributed by atoms with Gasteiger partial charge in [0, 0.05) is 30.2 Å². The van der Waals surface area contributed by atoms with Gasteiger partial charge in [-0.3, -0.25) is 4.79 Å². The number of carbonyl (C=O) groups is 1. The van der Waals surface area contributed by atoms with Gasteiger partial charge in [-0.05, 0) is 42.5 Å². The Hall–Kier alpha value is -1.83. The Morgan fingerprint density at radius 1 is 0.833 bits per heavy atom. The predicted octanol–water partition coefficient (Wildman–Crippen LogP) is 5.50. The molecule has 0 bridgehead atoms. The van der Waals surface area contributed by atoms with Crippen LogP contribution < -0.4 is 43.3 Å². The van der Waals surface area contributed by atoms with Gasteiger partial charge in [0.1, 0.15) is 18.0 Å². The molecular weight excluding hydrogens is 635 g/mol. The van der Waals surface area contributed by atoms with E-state index in [4.69, 9.17) is 9.47 Å². The number of ether oxygens (including phenoxy) is 2. The van der Waals surface area contributed by atoms with Crippen LogP contribution in [-0.2, 0) is 23.2 Å². The Morgan fingerprint density at radius 2 is 1.48 bits per heavy atom. The zero-order valence-electron chi connectivity index (χ0n) is 27.3. The van der Waals surface area contributed by atoms with Crippen molar-refractivity contribution in [1.82, 2.24) is 5.32 Å². The summed E-state index contributed by atoms with van der Waals surface area (Å²) in [6, 6.07) is 10.1. The molecule has 42 heavy (non-hydrogen) atoms. The number of aromatic nitrogens is 1. The van der Waals surface area contributed by atoms with E-state index >= 15 is 0 Å². The molecule has 0 aliphatic heterocycles. The largest absolute Gasteiger partial charge is 1.00 e. The van der Waals surface area contributed by atoms with Gasteiger partial charge in [-0.15, -0.1) is 0 Å². The van der Waals surface area contributed by atoms with Crippen molar-refractivity contribution < 1.29 is 42.8 Å². The van der Waals surface area contributed by atoms with Crippen molar-refractivity contribution >= 4 is 5.91 Å². The quantitative estimate of drug-likeness (QED) is 0.101. The minimum absolute atomic E-state index is 0. The highest BCUT2D eigenvalue weighted by Gasteiger charge is 2.20. The molecule has 5 nitrogen and oxygen atoms in total. The highest BCUT2D eigenvalue weighted by molar-refractivity contribution is 5.77. The number of halogens is 1. The molecule has 1 aromatic heterocycles. The molecule has 0 unspecified atom stereocenters. The Labute approximate surface area is 274 Å². The molecule has 1 amide bonds. The van der Waals surface area contributed by atoms with Crippen molar-refractivity contribution in [2.45, 2.75) is 136 Å². The van der Waals surface area contributed by atoms with Crippen LogP contribution in [0, 0.1) is 0 Å². The minimum Gasteiger partial charge on any atom is -1.00 e. The van der Waals surface area contributed by atoms with Crippen LogP contribution in [0.1, 0.15) is 129 Å². The molecule has 0 atom stereocenters. The summed E-state index contributed by atoms with van der Waals surface area (Å²) in [6.45, 7) is 13.4. The molecule has 0 fully saturated rings. The minimum atomic E-state index is -0.105. The lowest BCUT2D eigenvalue weighted by Crippen LogP contribution is -3.00. The Morgan fingerprint density at radius 3 is 2.10 bits per heavy atom. The summed E-state index contributed by atoms with van der Waals surface area (Å²) >= 11 is 0. The van der Waals surface area contributed by atoms with Crippen molar-refractivity contribution in [1.29, 1.82) is 0 Å². The van der Waals surface area contributed by atoms with E-state index in [1.807, 2.05) is 18.2 Å². The molecule has 6 heteroatoms. The van der Waals surface area contributed by atoms with E-state index < -0.39 is 0 Å². The van der Waals surface area contributed by atoms with E-state index in [1.165, 1.54) is 76.2 Å². The smallest absolute Gasteiger partial charge is 0.257 e. The number of hydrogen-bond donors (Lipinski definition) is 1. The van der Waals surface area contributed by atoms with Crippen LogP contribution in [0.5, 0.6) is 11.5 Å². The van der Waals surface area contributed by atoms with Crippen LogP contribution in [0.2, 0.25) is 0 Å². The van der Waals surface area contributed by atoms with Crippen LogP contribution in [0.25, 0.3) is 0 Å². The molecule has 0 aliphatic rings. The van der Waals surface area contributed by atoms with Crippen molar-refractivity contribution in [2.24, 2.45) is 0 Å². The van der Waals surface area contributed by atoms with Gasteiger partial charge in [0.2, 0.25) is 0 Å². The van der Waals surface area contributed by atoms with Crippen molar-refractivity contribution in [2.75, 3.05) is 19.8 Å². The molecule has 238 valence electrons. The molecule has 0 radical (unpaired) electrons. The summed E-state index contributed by atoms with van der Waals surface area (Å²) < 4.78 is 14.3. The van der Waals surface area contributed by atoms with E-state index in [0.717, 1.165) is 43.7 Å². The number of benzene rings is 1. The number of nitrogens with zero attached hydrogens (tertiary/aromatic N) is 1.